The number of hydrogen-bond acceptors (Lipinski definition) is 1. The lowest BCUT2D eigenvalue weighted by atomic mass is 9.88. The fourth-order valence-electron chi connectivity index (χ4n) is 3.27. The second-order valence-corrected chi connectivity index (χ2v) is 6.93. The van der Waals surface area contributed by atoms with Crippen LogP contribution in [-0.4, -0.2) is 5.78 Å². The Morgan fingerprint density at radius 3 is 1.87 bits per heavy atom. The number of hydrogen-bond donors (Lipinski definition) is 0. The average molecular weight is 317 g/mol. The highest BCUT2D eigenvalue weighted by molar-refractivity contribution is 5.94. The molecule has 0 aliphatic carbocycles. The van der Waals surface area contributed by atoms with Crippen molar-refractivity contribution >= 4 is 5.78 Å². The van der Waals surface area contributed by atoms with Crippen LogP contribution in [0.25, 0.3) is 0 Å². The third kappa shape index (κ3) is 8.34. The third-order valence-corrected chi connectivity index (χ3v) is 4.85. The first-order valence-corrected chi connectivity index (χ1v) is 9.79. The van der Waals surface area contributed by atoms with Crippen LogP contribution >= 0.6 is 0 Å². The Hall–Kier alpha value is -1.11. The van der Waals surface area contributed by atoms with E-state index in [1.54, 1.807) is 6.92 Å². The number of unbranched alkanes of at least 4 members (excludes halogenated alkanes) is 7. The minimum atomic E-state index is 0.161. The van der Waals surface area contributed by atoms with Crippen LogP contribution in [0.4, 0.5) is 0 Å². The standard InChI is InChI=1S/C22H36O/c1-4-6-8-9-10-11-12-14-21(13-7-5-2)22-17-15-20(16-18-22)19(3)23/h15-18,21H,4-14H2,1-3H3. The molecule has 0 N–H and O–H groups in total. The van der Waals surface area contributed by atoms with Gasteiger partial charge < -0.3 is 0 Å². The van der Waals surface area contributed by atoms with Gasteiger partial charge in [0.2, 0.25) is 0 Å². The van der Waals surface area contributed by atoms with Gasteiger partial charge in [0.05, 0.1) is 0 Å². The van der Waals surface area contributed by atoms with E-state index in [9.17, 15) is 4.79 Å². The third-order valence-electron chi connectivity index (χ3n) is 4.85. The topological polar surface area (TPSA) is 17.1 Å². The van der Waals surface area contributed by atoms with Gasteiger partial charge in [0.15, 0.2) is 5.78 Å². The first-order valence-electron chi connectivity index (χ1n) is 9.79. The van der Waals surface area contributed by atoms with E-state index < -0.39 is 0 Å². The second-order valence-electron chi connectivity index (χ2n) is 6.93. The molecule has 0 aliphatic rings. The molecule has 1 atom stereocenters. The van der Waals surface area contributed by atoms with E-state index in [1.807, 2.05) is 12.1 Å². The van der Waals surface area contributed by atoms with Crippen LogP contribution in [0.3, 0.4) is 0 Å². The SMILES string of the molecule is CCCCCCCCCC(CCCC)c1ccc(C(C)=O)cc1. The Balaban J connectivity index is 2.43. The molecular formula is C22H36O. The van der Waals surface area contributed by atoms with Gasteiger partial charge in [0.25, 0.3) is 0 Å². The van der Waals surface area contributed by atoms with Crippen molar-refractivity contribution in [2.45, 2.75) is 97.3 Å². The predicted octanol–water partition coefficient (Wildman–Crippen LogP) is 7.30. The summed E-state index contributed by atoms with van der Waals surface area (Å²) in [5.41, 5.74) is 2.26. The molecule has 0 saturated carbocycles. The summed E-state index contributed by atoms with van der Waals surface area (Å²) in [6.07, 6.45) is 14.8. The van der Waals surface area contributed by atoms with Crippen molar-refractivity contribution in [2.75, 3.05) is 0 Å². The van der Waals surface area contributed by atoms with Gasteiger partial charge in [0.1, 0.15) is 0 Å². The van der Waals surface area contributed by atoms with E-state index in [4.69, 9.17) is 0 Å². The van der Waals surface area contributed by atoms with Crippen LogP contribution in [0.1, 0.15) is 113 Å². The van der Waals surface area contributed by atoms with Crippen molar-refractivity contribution < 1.29 is 4.79 Å². The van der Waals surface area contributed by atoms with Crippen LogP contribution in [0.2, 0.25) is 0 Å². The van der Waals surface area contributed by atoms with Gasteiger partial charge in [-0.3, -0.25) is 4.79 Å². The van der Waals surface area contributed by atoms with Crippen molar-refractivity contribution in [3.63, 3.8) is 0 Å². The van der Waals surface area contributed by atoms with E-state index in [0.29, 0.717) is 5.92 Å². The molecule has 0 heterocycles. The van der Waals surface area contributed by atoms with Gasteiger partial charge in [-0.2, -0.15) is 0 Å². The van der Waals surface area contributed by atoms with E-state index in [1.165, 1.54) is 76.2 Å². The van der Waals surface area contributed by atoms with E-state index >= 15 is 0 Å². The van der Waals surface area contributed by atoms with E-state index in [0.717, 1.165) is 5.56 Å². The number of rotatable bonds is 13. The number of Topliss-reactive ketones (excluding diaryl/α,β-unsaturated/α-hetero) is 1. The zero-order valence-electron chi connectivity index (χ0n) is 15.6. The quantitative estimate of drug-likeness (QED) is 0.275. The highest BCUT2D eigenvalue weighted by Crippen LogP contribution is 2.28. The minimum Gasteiger partial charge on any atom is -0.295 e. The maximum absolute atomic E-state index is 11.4. The molecule has 1 nitrogen and oxygen atoms in total. The zero-order valence-corrected chi connectivity index (χ0v) is 15.6. The maximum Gasteiger partial charge on any atom is 0.159 e. The van der Waals surface area contributed by atoms with Crippen LogP contribution < -0.4 is 0 Å². The summed E-state index contributed by atoms with van der Waals surface area (Å²) in [7, 11) is 0. The lowest BCUT2D eigenvalue weighted by Crippen LogP contribution is -2.01. The molecule has 0 fully saturated rings. The van der Waals surface area contributed by atoms with Gasteiger partial charge in [-0.05, 0) is 31.2 Å². The molecule has 1 aromatic carbocycles. The zero-order chi connectivity index (χ0) is 16.9. The molecular weight excluding hydrogens is 280 g/mol. The van der Waals surface area contributed by atoms with Crippen LogP contribution in [0.15, 0.2) is 24.3 Å². The van der Waals surface area contributed by atoms with Crippen LogP contribution in [-0.2, 0) is 0 Å². The molecule has 1 unspecified atom stereocenters. The van der Waals surface area contributed by atoms with Gasteiger partial charge in [-0.15, -0.1) is 0 Å². The molecule has 0 aromatic heterocycles. The van der Waals surface area contributed by atoms with Crippen molar-refractivity contribution in [3.8, 4) is 0 Å². The van der Waals surface area contributed by atoms with Crippen molar-refractivity contribution in [1.29, 1.82) is 0 Å². The normalized spacial score (nSPS) is 12.3. The maximum atomic E-state index is 11.4. The number of ketones is 1. The first-order chi connectivity index (χ1) is 11.2. The van der Waals surface area contributed by atoms with E-state index in [-0.39, 0.29) is 5.78 Å². The predicted molar refractivity (Wildman–Crippen MR) is 101 cm³/mol. The molecule has 130 valence electrons. The highest BCUT2D eigenvalue weighted by Gasteiger charge is 2.11. The lowest BCUT2D eigenvalue weighted by molar-refractivity contribution is 0.101. The number of carbonyl (C=O) groups excluding carboxylic acids is 1. The molecule has 0 amide bonds. The van der Waals surface area contributed by atoms with Crippen molar-refractivity contribution in [2.24, 2.45) is 0 Å². The lowest BCUT2D eigenvalue weighted by Gasteiger charge is -2.17. The fraction of sp³-hybridized carbons (Fsp3) is 0.682. The van der Waals surface area contributed by atoms with Crippen molar-refractivity contribution in [1.82, 2.24) is 0 Å². The summed E-state index contributed by atoms with van der Waals surface area (Å²) in [5, 5.41) is 0. The molecule has 1 heteroatoms. The second kappa shape index (κ2) is 12.3. The Labute approximate surface area is 143 Å². The number of benzene rings is 1. The molecule has 1 rings (SSSR count). The Bertz CT molecular complexity index is 418. The Morgan fingerprint density at radius 2 is 1.30 bits per heavy atom. The Morgan fingerprint density at radius 1 is 0.783 bits per heavy atom. The summed E-state index contributed by atoms with van der Waals surface area (Å²) in [4.78, 5) is 11.4. The summed E-state index contributed by atoms with van der Waals surface area (Å²) < 4.78 is 0. The van der Waals surface area contributed by atoms with Gasteiger partial charge >= 0.3 is 0 Å². The summed E-state index contributed by atoms with van der Waals surface area (Å²) >= 11 is 0. The molecule has 0 radical (unpaired) electrons. The largest absolute Gasteiger partial charge is 0.295 e. The monoisotopic (exact) mass is 316 g/mol. The van der Waals surface area contributed by atoms with Gasteiger partial charge in [0, 0.05) is 5.56 Å². The highest BCUT2D eigenvalue weighted by atomic mass is 16.1. The number of carbonyl (C=O) groups is 1. The van der Waals surface area contributed by atoms with Gasteiger partial charge in [-0.25, -0.2) is 0 Å². The van der Waals surface area contributed by atoms with Gasteiger partial charge in [-0.1, -0.05) is 95.9 Å². The molecule has 23 heavy (non-hydrogen) atoms. The van der Waals surface area contributed by atoms with Crippen LogP contribution in [0.5, 0.6) is 0 Å². The molecule has 1 aromatic rings. The average Bonchev–Trinajstić information content (AvgIpc) is 2.57. The molecule has 0 spiro atoms. The minimum absolute atomic E-state index is 0.161. The molecule has 0 bridgehead atoms. The smallest absolute Gasteiger partial charge is 0.159 e. The van der Waals surface area contributed by atoms with E-state index in [2.05, 4.69) is 26.0 Å². The first kappa shape index (κ1) is 19.9. The molecule has 0 saturated heterocycles. The Kier molecular flexibility index (Phi) is 10.7. The molecule has 0 aliphatic heterocycles. The summed E-state index contributed by atoms with van der Waals surface area (Å²) in [6.45, 7) is 6.18. The van der Waals surface area contributed by atoms with Crippen molar-refractivity contribution in [3.05, 3.63) is 35.4 Å². The summed E-state index contributed by atoms with van der Waals surface area (Å²) in [5.74, 6) is 0.834. The summed E-state index contributed by atoms with van der Waals surface area (Å²) in [6, 6.07) is 8.36. The van der Waals surface area contributed by atoms with Crippen LogP contribution in [0, 0.1) is 0 Å². The fourth-order valence-corrected chi connectivity index (χ4v) is 3.27.